The van der Waals surface area contributed by atoms with Crippen molar-refractivity contribution >= 4 is 17.8 Å². The second-order valence-corrected chi connectivity index (χ2v) is 3.58. The fourth-order valence-corrected chi connectivity index (χ4v) is 1.28. The molecule has 8 nitrogen and oxygen atoms in total. The fraction of sp³-hybridized carbons (Fsp3) is 0.636. The number of rotatable bonds is 8. The van der Waals surface area contributed by atoms with Crippen molar-refractivity contribution in [1.29, 1.82) is 0 Å². The summed E-state index contributed by atoms with van der Waals surface area (Å²) in [4.78, 5) is 23.5. The van der Waals surface area contributed by atoms with Gasteiger partial charge in [0.25, 0.3) is 0 Å². The Kier molecular flexibility index (Phi) is 6.34. The monoisotopic (exact) mass is 268 g/mol. The Morgan fingerprint density at radius 2 is 1.84 bits per heavy atom. The van der Waals surface area contributed by atoms with E-state index >= 15 is 0 Å². The first kappa shape index (κ1) is 14.9. The Hall–Kier alpha value is -2.12. The highest BCUT2D eigenvalue weighted by molar-refractivity contribution is 5.75. The van der Waals surface area contributed by atoms with Crippen LogP contribution in [-0.2, 0) is 4.79 Å². The quantitative estimate of drug-likeness (QED) is 0.621. The number of nitrogens with one attached hydrogen (secondary N) is 3. The van der Waals surface area contributed by atoms with E-state index < -0.39 is 0 Å². The zero-order chi connectivity index (χ0) is 14.1. The molecule has 0 atom stereocenters. The van der Waals surface area contributed by atoms with E-state index in [0.717, 1.165) is 0 Å². The van der Waals surface area contributed by atoms with Crippen LogP contribution in [0.25, 0.3) is 0 Å². The third-order valence-corrected chi connectivity index (χ3v) is 2.14. The Balaban J connectivity index is 2.66. The first-order valence-electron chi connectivity index (χ1n) is 6.26. The molecule has 1 aromatic rings. The molecule has 1 aromatic heterocycles. The molecule has 0 aliphatic rings. The van der Waals surface area contributed by atoms with Crippen molar-refractivity contribution in [2.45, 2.75) is 20.3 Å². The van der Waals surface area contributed by atoms with Crippen molar-refractivity contribution in [3.63, 3.8) is 0 Å². The number of hydrogen-bond acceptors (Lipinski definition) is 7. The summed E-state index contributed by atoms with van der Waals surface area (Å²) in [5, 5.41) is 8.51. The van der Waals surface area contributed by atoms with E-state index in [4.69, 9.17) is 4.74 Å². The molecule has 0 saturated heterocycles. The fourth-order valence-electron chi connectivity index (χ4n) is 1.28. The molecule has 0 aliphatic heterocycles. The number of carbonyl (C=O) groups is 1. The van der Waals surface area contributed by atoms with Crippen LogP contribution >= 0.6 is 0 Å². The van der Waals surface area contributed by atoms with E-state index in [1.54, 1.807) is 7.05 Å². The molecule has 0 radical (unpaired) electrons. The smallest absolute Gasteiger partial charge is 0.323 e. The second kappa shape index (κ2) is 8.06. The molecular weight excluding hydrogens is 248 g/mol. The van der Waals surface area contributed by atoms with Crippen LogP contribution in [0.15, 0.2) is 0 Å². The molecule has 0 unspecified atom stereocenters. The highest BCUT2D eigenvalue weighted by atomic mass is 16.5. The van der Waals surface area contributed by atoms with Crippen LogP contribution in [0, 0.1) is 0 Å². The molecule has 0 saturated carbocycles. The first-order chi connectivity index (χ1) is 9.19. The van der Waals surface area contributed by atoms with Crippen LogP contribution in [0.3, 0.4) is 0 Å². The Morgan fingerprint density at radius 1 is 1.16 bits per heavy atom. The van der Waals surface area contributed by atoms with Gasteiger partial charge in [0.05, 0.1) is 6.61 Å². The van der Waals surface area contributed by atoms with Crippen LogP contribution in [0.5, 0.6) is 6.01 Å². The summed E-state index contributed by atoms with van der Waals surface area (Å²) in [5.41, 5.74) is 0. The number of carbonyl (C=O) groups excluding carboxylic acids is 1. The minimum atomic E-state index is -0.0431. The predicted octanol–water partition coefficient (Wildman–Crippen LogP) is 0.250. The number of anilines is 2. The van der Waals surface area contributed by atoms with Gasteiger partial charge in [-0.1, -0.05) is 0 Å². The SMILES string of the molecule is CCNc1nc(NCCC(=O)NC)nc(OCC)n1. The van der Waals surface area contributed by atoms with E-state index in [9.17, 15) is 4.79 Å². The third-order valence-electron chi connectivity index (χ3n) is 2.14. The van der Waals surface area contributed by atoms with E-state index in [0.29, 0.717) is 38.0 Å². The van der Waals surface area contributed by atoms with Gasteiger partial charge in [0.15, 0.2) is 0 Å². The van der Waals surface area contributed by atoms with Crippen molar-refractivity contribution in [2.24, 2.45) is 0 Å². The Morgan fingerprint density at radius 3 is 2.42 bits per heavy atom. The molecular formula is C11H20N6O2. The lowest BCUT2D eigenvalue weighted by atomic mass is 10.4. The molecule has 0 spiro atoms. The van der Waals surface area contributed by atoms with Crippen LogP contribution in [-0.4, -0.2) is 47.6 Å². The van der Waals surface area contributed by atoms with Crippen molar-refractivity contribution in [1.82, 2.24) is 20.3 Å². The van der Waals surface area contributed by atoms with Gasteiger partial charge in [-0.3, -0.25) is 4.79 Å². The number of ether oxygens (including phenoxy) is 1. The van der Waals surface area contributed by atoms with Crippen LogP contribution < -0.4 is 20.7 Å². The molecule has 0 aromatic carbocycles. The molecule has 1 heterocycles. The lowest BCUT2D eigenvalue weighted by Gasteiger charge is -2.09. The molecule has 106 valence electrons. The molecule has 8 heteroatoms. The lowest BCUT2D eigenvalue weighted by Crippen LogP contribution is -2.21. The predicted molar refractivity (Wildman–Crippen MR) is 72.3 cm³/mol. The number of amides is 1. The van der Waals surface area contributed by atoms with Gasteiger partial charge in [0, 0.05) is 26.6 Å². The minimum Gasteiger partial charge on any atom is -0.464 e. The topological polar surface area (TPSA) is 101 Å². The zero-order valence-corrected chi connectivity index (χ0v) is 11.5. The summed E-state index contributed by atoms with van der Waals surface area (Å²) < 4.78 is 5.26. The highest BCUT2D eigenvalue weighted by Gasteiger charge is 2.07. The number of hydrogen-bond donors (Lipinski definition) is 3. The number of aromatic nitrogens is 3. The summed E-state index contributed by atoms with van der Waals surface area (Å²) in [6.45, 7) is 5.43. The van der Waals surface area contributed by atoms with Gasteiger partial charge in [-0.15, -0.1) is 0 Å². The standard InChI is InChI=1S/C11H20N6O2/c1-4-13-9-15-10(14-7-6-8(18)12-3)17-11(16-9)19-5-2/h4-7H2,1-3H3,(H,12,18)(H2,13,14,15,16,17). The zero-order valence-electron chi connectivity index (χ0n) is 11.5. The minimum absolute atomic E-state index is 0.0431. The van der Waals surface area contributed by atoms with Crippen molar-refractivity contribution in [3.05, 3.63) is 0 Å². The molecule has 3 N–H and O–H groups in total. The van der Waals surface area contributed by atoms with Gasteiger partial charge >= 0.3 is 6.01 Å². The summed E-state index contributed by atoms with van der Waals surface area (Å²) in [5.74, 6) is 0.792. The molecule has 0 bridgehead atoms. The van der Waals surface area contributed by atoms with Crippen molar-refractivity contribution < 1.29 is 9.53 Å². The summed E-state index contributed by atoms with van der Waals surface area (Å²) in [6.07, 6.45) is 0.350. The average molecular weight is 268 g/mol. The molecule has 1 amide bonds. The normalized spacial score (nSPS) is 9.84. The van der Waals surface area contributed by atoms with E-state index in [-0.39, 0.29) is 11.9 Å². The number of nitrogens with zero attached hydrogens (tertiary/aromatic N) is 3. The average Bonchev–Trinajstić information content (AvgIpc) is 2.39. The maximum absolute atomic E-state index is 11.1. The van der Waals surface area contributed by atoms with Crippen LogP contribution in [0.4, 0.5) is 11.9 Å². The summed E-state index contributed by atoms with van der Waals surface area (Å²) in [7, 11) is 1.60. The van der Waals surface area contributed by atoms with E-state index in [2.05, 4.69) is 30.9 Å². The Bertz CT molecular complexity index is 388. The largest absolute Gasteiger partial charge is 0.464 e. The lowest BCUT2D eigenvalue weighted by molar-refractivity contribution is -0.120. The maximum atomic E-state index is 11.1. The van der Waals surface area contributed by atoms with Crippen molar-refractivity contribution in [3.8, 4) is 6.01 Å². The van der Waals surface area contributed by atoms with Crippen LogP contribution in [0.1, 0.15) is 20.3 Å². The summed E-state index contributed by atoms with van der Waals surface area (Å²) in [6, 6.07) is 0.260. The van der Waals surface area contributed by atoms with Gasteiger partial charge in [-0.05, 0) is 13.8 Å². The third kappa shape index (κ3) is 5.36. The molecule has 1 rings (SSSR count). The van der Waals surface area contributed by atoms with Gasteiger partial charge in [-0.25, -0.2) is 0 Å². The van der Waals surface area contributed by atoms with Gasteiger partial charge in [0.2, 0.25) is 17.8 Å². The second-order valence-electron chi connectivity index (χ2n) is 3.58. The maximum Gasteiger partial charge on any atom is 0.323 e. The molecule has 0 fully saturated rings. The highest BCUT2D eigenvalue weighted by Crippen LogP contribution is 2.10. The molecule has 0 aliphatic carbocycles. The van der Waals surface area contributed by atoms with E-state index in [1.807, 2.05) is 13.8 Å². The summed E-state index contributed by atoms with van der Waals surface area (Å²) >= 11 is 0. The first-order valence-corrected chi connectivity index (χ1v) is 6.26. The van der Waals surface area contributed by atoms with Gasteiger partial charge in [-0.2, -0.15) is 15.0 Å². The van der Waals surface area contributed by atoms with Gasteiger partial charge in [0.1, 0.15) is 0 Å². The van der Waals surface area contributed by atoms with E-state index in [1.165, 1.54) is 0 Å². The van der Waals surface area contributed by atoms with Crippen molar-refractivity contribution in [2.75, 3.05) is 37.4 Å². The van der Waals surface area contributed by atoms with Crippen LogP contribution in [0.2, 0.25) is 0 Å². The Labute approximate surface area is 112 Å². The molecule has 19 heavy (non-hydrogen) atoms. The van der Waals surface area contributed by atoms with Gasteiger partial charge < -0.3 is 20.7 Å².